The number of rotatable bonds is 5. The van der Waals surface area contributed by atoms with Crippen molar-refractivity contribution < 1.29 is 34.0 Å². The van der Waals surface area contributed by atoms with Gasteiger partial charge in [0.25, 0.3) is 0 Å². The van der Waals surface area contributed by atoms with E-state index in [1.807, 2.05) is 0 Å². The number of carbonyl (C=O) groups excluding carboxylic acids is 1. The van der Waals surface area contributed by atoms with E-state index in [0.717, 1.165) is 0 Å². The number of benzene rings is 2. The molecule has 0 spiro atoms. The van der Waals surface area contributed by atoms with Crippen LogP contribution in [0.4, 0.5) is 0 Å². The van der Waals surface area contributed by atoms with Gasteiger partial charge in [0.05, 0.1) is 20.8 Å². The maximum absolute atomic E-state index is 11.6. The van der Waals surface area contributed by atoms with Gasteiger partial charge in [0, 0.05) is 11.1 Å². The van der Waals surface area contributed by atoms with Crippen molar-refractivity contribution in [3.05, 3.63) is 41.5 Å². The van der Waals surface area contributed by atoms with Crippen molar-refractivity contribution in [2.45, 2.75) is 19.1 Å². The lowest BCUT2D eigenvalue weighted by molar-refractivity contribution is -0.0125. The van der Waals surface area contributed by atoms with Gasteiger partial charge in [-0.05, 0) is 37.3 Å². The van der Waals surface area contributed by atoms with Crippen LogP contribution >= 0.6 is 0 Å². The monoisotopic (exact) mass is 360 g/mol. The molecule has 0 saturated carbocycles. The number of ether oxygens (including phenoxy) is 4. The Morgan fingerprint density at radius 1 is 1.08 bits per heavy atom. The maximum Gasteiger partial charge on any atom is 0.200 e. The number of hydrogen-bond donors (Lipinski definition) is 2. The summed E-state index contributed by atoms with van der Waals surface area (Å²) in [6.07, 6.45) is -1.36. The number of aliphatic hydroxyl groups excluding tert-OH is 1. The highest BCUT2D eigenvalue weighted by Crippen LogP contribution is 2.44. The van der Waals surface area contributed by atoms with E-state index in [1.54, 1.807) is 30.3 Å². The average Bonchev–Trinajstić information content (AvgIpc) is 2.66. The van der Waals surface area contributed by atoms with Crippen molar-refractivity contribution >= 4 is 5.78 Å². The van der Waals surface area contributed by atoms with Gasteiger partial charge < -0.3 is 29.2 Å². The summed E-state index contributed by atoms with van der Waals surface area (Å²) in [6, 6.07) is 8.07. The van der Waals surface area contributed by atoms with Crippen LogP contribution in [-0.4, -0.2) is 42.9 Å². The minimum atomic E-state index is -0.682. The van der Waals surface area contributed by atoms with Gasteiger partial charge in [-0.15, -0.1) is 0 Å². The van der Waals surface area contributed by atoms with E-state index in [2.05, 4.69) is 0 Å². The molecule has 2 aromatic rings. The molecule has 0 unspecified atom stereocenters. The minimum absolute atomic E-state index is 0.0924. The molecule has 26 heavy (non-hydrogen) atoms. The maximum atomic E-state index is 11.6. The van der Waals surface area contributed by atoms with Gasteiger partial charge in [0.1, 0.15) is 0 Å². The SMILES string of the molecule is COc1cc([C@H]2Oc3cc(C(C)=O)ccc3O[C@@H]2CO)cc(OC)c1O. The summed E-state index contributed by atoms with van der Waals surface area (Å²) >= 11 is 0. The molecule has 1 aliphatic rings. The lowest BCUT2D eigenvalue weighted by atomic mass is 10.0. The summed E-state index contributed by atoms with van der Waals surface area (Å²) in [5.74, 6) is 1.05. The number of hydrogen-bond acceptors (Lipinski definition) is 7. The van der Waals surface area contributed by atoms with Crippen molar-refractivity contribution in [3.8, 4) is 28.7 Å². The molecule has 2 aromatic carbocycles. The van der Waals surface area contributed by atoms with Crippen LogP contribution in [0, 0.1) is 0 Å². The second-order valence-corrected chi connectivity index (χ2v) is 5.87. The molecular weight excluding hydrogens is 340 g/mol. The van der Waals surface area contributed by atoms with Crippen molar-refractivity contribution in [1.82, 2.24) is 0 Å². The summed E-state index contributed by atoms with van der Waals surface area (Å²) in [6.45, 7) is 1.18. The van der Waals surface area contributed by atoms with E-state index < -0.39 is 12.2 Å². The van der Waals surface area contributed by atoms with Gasteiger partial charge in [0.15, 0.2) is 41.0 Å². The number of aromatic hydroxyl groups is 1. The zero-order valence-electron chi connectivity index (χ0n) is 14.7. The predicted octanol–water partition coefficient (Wildman–Crippen LogP) is 2.49. The second-order valence-electron chi connectivity index (χ2n) is 5.87. The zero-order chi connectivity index (χ0) is 18.8. The number of fused-ring (bicyclic) bond motifs is 1. The first kappa shape index (κ1) is 17.9. The predicted molar refractivity (Wildman–Crippen MR) is 92.5 cm³/mol. The quantitative estimate of drug-likeness (QED) is 0.791. The summed E-state index contributed by atoms with van der Waals surface area (Å²) in [5.41, 5.74) is 1.09. The van der Waals surface area contributed by atoms with Gasteiger partial charge in [-0.3, -0.25) is 4.79 Å². The first-order valence-electron chi connectivity index (χ1n) is 8.02. The van der Waals surface area contributed by atoms with Crippen LogP contribution in [-0.2, 0) is 0 Å². The Labute approximate surface area is 150 Å². The molecule has 2 atom stereocenters. The molecule has 1 aliphatic heterocycles. The van der Waals surface area contributed by atoms with E-state index in [4.69, 9.17) is 18.9 Å². The van der Waals surface area contributed by atoms with E-state index in [-0.39, 0.29) is 29.6 Å². The summed E-state index contributed by atoms with van der Waals surface area (Å²) < 4.78 is 22.2. The standard InChI is InChI=1S/C19H20O7/c1-10(21)11-4-5-13-14(6-11)26-19(17(9-20)25-13)12-7-15(23-2)18(22)16(8-12)24-3/h4-8,17,19-20,22H,9H2,1-3H3/t17-,19-/m1/s1. The fraction of sp³-hybridized carbons (Fsp3) is 0.316. The lowest BCUT2D eigenvalue weighted by Crippen LogP contribution is -2.36. The molecule has 0 bridgehead atoms. The molecule has 0 amide bonds. The molecule has 7 nitrogen and oxygen atoms in total. The van der Waals surface area contributed by atoms with Gasteiger partial charge >= 0.3 is 0 Å². The van der Waals surface area contributed by atoms with Crippen molar-refractivity contribution in [2.24, 2.45) is 0 Å². The third-order valence-electron chi connectivity index (χ3n) is 4.23. The van der Waals surface area contributed by atoms with Gasteiger partial charge in [0.2, 0.25) is 5.75 Å². The minimum Gasteiger partial charge on any atom is -0.502 e. The molecule has 0 radical (unpaired) electrons. The largest absolute Gasteiger partial charge is 0.502 e. The number of aliphatic hydroxyl groups is 1. The van der Waals surface area contributed by atoms with Crippen LogP contribution in [0.3, 0.4) is 0 Å². The highest BCUT2D eigenvalue weighted by molar-refractivity contribution is 5.94. The molecule has 0 aliphatic carbocycles. The number of phenols is 1. The Morgan fingerprint density at radius 3 is 2.27 bits per heavy atom. The van der Waals surface area contributed by atoms with Crippen LogP contribution in [0.2, 0.25) is 0 Å². The van der Waals surface area contributed by atoms with Crippen LogP contribution in [0.5, 0.6) is 28.7 Å². The normalized spacial score (nSPS) is 18.3. The third-order valence-corrected chi connectivity index (χ3v) is 4.23. The average molecular weight is 360 g/mol. The zero-order valence-corrected chi connectivity index (χ0v) is 14.7. The molecule has 0 fully saturated rings. The molecular formula is C19H20O7. The Morgan fingerprint density at radius 2 is 1.73 bits per heavy atom. The van der Waals surface area contributed by atoms with E-state index in [9.17, 15) is 15.0 Å². The topological polar surface area (TPSA) is 94.5 Å². The highest BCUT2D eigenvalue weighted by Gasteiger charge is 2.34. The van der Waals surface area contributed by atoms with Crippen LogP contribution < -0.4 is 18.9 Å². The number of carbonyl (C=O) groups is 1. The molecule has 138 valence electrons. The fourth-order valence-corrected chi connectivity index (χ4v) is 2.85. The molecule has 2 N–H and O–H groups in total. The number of Topliss-reactive ketones (excluding diaryl/α,β-unsaturated/α-hetero) is 1. The van der Waals surface area contributed by atoms with E-state index in [0.29, 0.717) is 22.6 Å². The first-order valence-corrected chi connectivity index (χ1v) is 8.02. The van der Waals surface area contributed by atoms with Crippen LogP contribution in [0.15, 0.2) is 30.3 Å². The van der Waals surface area contributed by atoms with Crippen LogP contribution in [0.25, 0.3) is 0 Å². The van der Waals surface area contributed by atoms with Crippen LogP contribution in [0.1, 0.15) is 28.9 Å². The molecule has 1 heterocycles. The molecule has 7 heteroatoms. The summed E-state index contributed by atoms with van der Waals surface area (Å²) in [5, 5.41) is 19.8. The molecule has 3 rings (SSSR count). The fourth-order valence-electron chi connectivity index (χ4n) is 2.85. The highest BCUT2D eigenvalue weighted by atomic mass is 16.6. The molecule has 0 aromatic heterocycles. The summed E-state index contributed by atoms with van der Waals surface area (Å²) in [4.78, 5) is 11.6. The van der Waals surface area contributed by atoms with Gasteiger partial charge in [-0.1, -0.05) is 0 Å². The Kier molecular flexibility index (Phi) is 4.90. The third kappa shape index (κ3) is 3.13. The van der Waals surface area contributed by atoms with Gasteiger partial charge in [-0.2, -0.15) is 0 Å². The second kappa shape index (κ2) is 7.13. The van der Waals surface area contributed by atoms with E-state index >= 15 is 0 Å². The summed E-state index contributed by atoms with van der Waals surface area (Å²) in [7, 11) is 2.85. The van der Waals surface area contributed by atoms with Crippen molar-refractivity contribution in [3.63, 3.8) is 0 Å². The van der Waals surface area contributed by atoms with E-state index in [1.165, 1.54) is 21.1 Å². The first-order chi connectivity index (χ1) is 12.5. The van der Waals surface area contributed by atoms with Crippen molar-refractivity contribution in [2.75, 3.05) is 20.8 Å². The smallest absolute Gasteiger partial charge is 0.200 e. The molecule has 0 saturated heterocycles. The number of ketones is 1. The number of methoxy groups -OCH3 is 2. The number of phenolic OH excluding ortho intramolecular Hbond substituents is 1. The Bertz CT molecular complexity index is 806. The Hall–Kier alpha value is -2.93. The Balaban J connectivity index is 2.04. The van der Waals surface area contributed by atoms with Gasteiger partial charge in [-0.25, -0.2) is 0 Å². The lowest BCUT2D eigenvalue weighted by Gasteiger charge is -2.33. The van der Waals surface area contributed by atoms with Crippen molar-refractivity contribution in [1.29, 1.82) is 0 Å².